The minimum atomic E-state index is -4.30. The summed E-state index contributed by atoms with van der Waals surface area (Å²) >= 11 is 8.95. The normalized spacial score (nSPS) is 24.4. The zero-order valence-corrected chi connectivity index (χ0v) is 12.3. The molecule has 0 fully saturated rings. The highest BCUT2D eigenvalue weighted by atomic mass is 79.9. The van der Waals surface area contributed by atoms with Crippen molar-refractivity contribution in [1.82, 2.24) is 0 Å². The molecule has 2 atom stereocenters. The summed E-state index contributed by atoms with van der Waals surface area (Å²) < 4.78 is 37.0. The fourth-order valence-electron chi connectivity index (χ4n) is 2.04. The van der Waals surface area contributed by atoms with Crippen LogP contribution in [0.25, 0.3) is 0 Å². The van der Waals surface area contributed by atoms with Crippen LogP contribution in [0.4, 0.5) is 13.2 Å². The molecule has 0 bridgehead atoms. The Kier molecular flexibility index (Phi) is 4.98. The molecule has 17 heavy (non-hydrogen) atoms. The summed E-state index contributed by atoms with van der Waals surface area (Å²) in [7, 11) is 0. The van der Waals surface area contributed by atoms with Crippen LogP contribution in [-0.4, -0.2) is 15.9 Å². The Labute approximate surface area is 114 Å². The molecule has 1 rings (SSSR count). The molecule has 1 aliphatic carbocycles. The lowest BCUT2D eigenvalue weighted by atomic mass is 9.81. The van der Waals surface area contributed by atoms with Crippen molar-refractivity contribution in [2.75, 3.05) is 0 Å². The molecule has 0 N–H and O–H groups in total. The third kappa shape index (κ3) is 4.82. The lowest BCUT2D eigenvalue weighted by Crippen LogP contribution is -2.27. The summed E-state index contributed by atoms with van der Waals surface area (Å²) in [6.45, 7) is 4.19. The van der Waals surface area contributed by atoms with E-state index in [1.54, 1.807) is 0 Å². The molecule has 1 aliphatic rings. The molecule has 1 unspecified atom stereocenters. The molecule has 0 aromatic carbocycles. The second-order valence-corrected chi connectivity index (χ2v) is 7.68. The fraction of sp³-hybridized carbons (Fsp3) is 0.833. The summed E-state index contributed by atoms with van der Waals surface area (Å²) in [5.74, 6) is 0.478. The SMILES string of the molecule is CC(C)(Br)[C@@H]1CC=C(CC(Cl)C(F)(F)F)CC1. The minimum Gasteiger partial charge on any atom is -0.169 e. The zero-order valence-electron chi connectivity index (χ0n) is 9.95. The summed E-state index contributed by atoms with van der Waals surface area (Å²) in [4.78, 5) is 0. The van der Waals surface area contributed by atoms with Crippen LogP contribution in [0.1, 0.15) is 39.5 Å². The lowest BCUT2D eigenvalue weighted by Gasteiger charge is -2.32. The van der Waals surface area contributed by atoms with Crippen molar-refractivity contribution in [2.24, 2.45) is 5.92 Å². The summed E-state index contributed by atoms with van der Waals surface area (Å²) in [5, 5.41) is -1.75. The van der Waals surface area contributed by atoms with Crippen molar-refractivity contribution >= 4 is 27.5 Å². The number of hydrogen-bond acceptors (Lipinski definition) is 0. The van der Waals surface area contributed by atoms with E-state index in [2.05, 4.69) is 29.8 Å². The van der Waals surface area contributed by atoms with Gasteiger partial charge in [0.25, 0.3) is 0 Å². The number of halogens is 5. The van der Waals surface area contributed by atoms with Crippen molar-refractivity contribution in [2.45, 2.75) is 55.4 Å². The van der Waals surface area contributed by atoms with E-state index in [1.165, 1.54) is 0 Å². The number of alkyl halides is 5. The molecule has 0 amide bonds. The van der Waals surface area contributed by atoms with Crippen LogP contribution in [0.5, 0.6) is 0 Å². The minimum absolute atomic E-state index is 0.0411. The summed E-state index contributed by atoms with van der Waals surface area (Å²) in [6.07, 6.45) is 0.0340. The van der Waals surface area contributed by atoms with E-state index < -0.39 is 11.6 Å². The van der Waals surface area contributed by atoms with Gasteiger partial charge in [0.15, 0.2) is 0 Å². The first-order valence-electron chi connectivity index (χ1n) is 5.68. The molecule has 0 heterocycles. The number of allylic oxidation sites excluding steroid dienone is 2. The number of hydrogen-bond donors (Lipinski definition) is 0. The maximum absolute atomic E-state index is 12.3. The van der Waals surface area contributed by atoms with Crippen molar-refractivity contribution in [1.29, 1.82) is 0 Å². The quantitative estimate of drug-likeness (QED) is 0.476. The highest BCUT2D eigenvalue weighted by molar-refractivity contribution is 9.10. The fourth-order valence-corrected chi connectivity index (χ4v) is 2.66. The predicted molar refractivity (Wildman–Crippen MR) is 68.7 cm³/mol. The van der Waals surface area contributed by atoms with Crippen molar-refractivity contribution in [3.05, 3.63) is 11.6 Å². The molecule has 0 aromatic heterocycles. The van der Waals surface area contributed by atoms with Gasteiger partial charge in [0.2, 0.25) is 0 Å². The Morgan fingerprint density at radius 2 is 2.06 bits per heavy atom. The molecular formula is C12H17BrClF3. The van der Waals surface area contributed by atoms with Crippen LogP contribution in [0.15, 0.2) is 11.6 Å². The first-order valence-corrected chi connectivity index (χ1v) is 6.91. The number of rotatable bonds is 3. The van der Waals surface area contributed by atoms with Crippen LogP contribution < -0.4 is 0 Å². The van der Waals surface area contributed by atoms with Gasteiger partial charge in [0.1, 0.15) is 5.38 Å². The standard InChI is InChI=1S/C12H17BrClF3/c1-11(2,13)9-5-3-8(4-6-9)7-10(14)12(15,16)17/h3,9-10H,4-7H2,1-2H3/t9-,10?/m1/s1. The van der Waals surface area contributed by atoms with Crippen LogP contribution >= 0.6 is 27.5 Å². The first-order chi connectivity index (χ1) is 7.60. The van der Waals surface area contributed by atoms with E-state index >= 15 is 0 Å². The third-order valence-corrected chi connectivity index (χ3v) is 4.32. The Morgan fingerprint density at radius 3 is 2.41 bits per heavy atom. The van der Waals surface area contributed by atoms with Crippen LogP contribution in [-0.2, 0) is 0 Å². The Bertz CT molecular complexity index is 291. The van der Waals surface area contributed by atoms with Gasteiger partial charge in [-0.05, 0) is 45.4 Å². The summed E-state index contributed by atoms with van der Waals surface area (Å²) in [5.41, 5.74) is 0.843. The summed E-state index contributed by atoms with van der Waals surface area (Å²) in [6, 6.07) is 0. The van der Waals surface area contributed by atoms with Crippen LogP contribution in [0.2, 0.25) is 0 Å². The lowest BCUT2D eigenvalue weighted by molar-refractivity contribution is -0.130. The average Bonchev–Trinajstić information content (AvgIpc) is 2.15. The van der Waals surface area contributed by atoms with Gasteiger partial charge in [-0.15, -0.1) is 11.6 Å². The largest absolute Gasteiger partial charge is 0.405 e. The van der Waals surface area contributed by atoms with E-state index in [0.29, 0.717) is 5.92 Å². The Hall–Kier alpha value is 0.300. The van der Waals surface area contributed by atoms with Crippen LogP contribution in [0, 0.1) is 5.92 Å². The van der Waals surface area contributed by atoms with Gasteiger partial charge in [0, 0.05) is 4.32 Å². The van der Waals surface area contributed by atoms with Crippen molar-refractivity contribution in [3.8, 4) is 0 Å². The Balaban J connectivity index is 2.53. The average molecular weight is 334 g/mol. The van der Waals surface area contributed by atoms with Gasteiger partial charge in [-0.2, -0.15) is 13.2 Å². The molecule has 5 heteroatoms. The highest BCUT2D eigenvalue weighted by Crippen LogP contribution is 2.39. The molecule has 0 spiro atoms. The van der Waals surface area contributed by atoms with Gasteiger partial charge in [-0.3, -0.25) is 0 Å². The van der Waals surface area contributed by atoms with Gasteiger partial charge >= 0.3 is 6.18 Å². The van der Waals surface area contributed by atoms with Gasteiger partial charge in [-0.1, -0.05) is 27.6 Å². The molecule has 0 radical (unpaired) electrons. The first kappa shape index (κ1) is 15.4. The topological polar surface area (TPSA) is 0 Å². The predicted octanol–water partition coefficient (Wildman–Crippen LogP) is 5.45. The maximum Gasteiger partial charge on any atom is 0.405 e. The molecule has 0 saturated heterocycles. The monoisotopic (exact) mass is 332 g/mol. The third-order valence-electron chi connectivity index (χ3n) is 3.27. The maximum atomic E-state index is 12.3. The molecular weight excluding hydrogens is 316 g/mol. The molecule has 0 aromatic rings. The van der Waals surface area contributed by atoms with Gasteiger partial charge in [0.05, 0.1) is 0 Å². The van der Waals surface area contributed by atoms with Gasteiger partial charge < -0.3 is 0 Å². The second-order valence-electron chi connectivity index (χ2n) is 5.11. The molecule has 0 aliphatic heterocycles. The zero-order chi connectivity index (χ0) is 13.3. The van der Waals surface area contributed by atoms with Gasteiger partial charge in [-0.25, -0.2) is 0 Å². The molecule has 0 saturated carbocycles. The van der Waals surface area contributed by atoms with Crippen molar-refractivity contribution < 1.29 is 13.2 Å². The van der Waals surface area contributed by atoms with E-state index in [0.717, 1.165) is 24.8 Å². The van der Waals surface area contributed by atoms with E-state index in [1.807, 2.05) is 6.08 Å². The Morgan fingerprint density at radius 1 is 1.47 bits per heavy atom. The highest BCUT2D eigenvalue weighted by Gasteiger charge is 2.39. The van der Waals surface area contributed by atoms with E-state index in [-0.39, 0.29) is 10.7 Å². The second kappa shape index (κ2) is 5.52. The smallest absolute Gasteiger partial charge is 0.169 e. The van der Waals surface area contributed by atoms with E-state index in [9.17, 15) is 13.2 Å². The molecule has 0 nitrogen and oxygen atoms in total. The molecule has 100 valence electrons. The van der Waals surface area contributed by atoms with Crippen LogP contribution in [0.3, 0.4) is 0 Å². The van der Waals surface area contributed by atoms with Crippen molar-refractivity contribution in [3.63, 3.8) is 0 Å². The van der Waals surface area contributed by atoms with E-state index in [4.69, 9.17) is 11.6 Å².